The predicted octanol–water partition coefficient (Wildman–Crippen LogP) is 1.55. The Bertz CT molecular complexity index is 340. The van der Waals surface area contributed by atoms with E-state index < -0.39 is 11.5 Å². The predicted molar refractivity (Wildman–Crippen MR) is 49.0 cm³/mol. The second-order valence-corrected chi connectivity index (χ2v) is 4.18. The van der Waals surface area contributed by atoms with Crippen LogP contribution < -0.4 is 0 Å². The topological polar surface area (TPSA) is 40.5 Å². The first-order chi connectivity index (χ1) is 6.25. The van der Waals surface area contributed by atoms with E-state index >= 15 is 0 Å². The van der Waals surface area contributed by atoms with Crippen LogP contribution in [0.4, 0.5) is 0 Å². The highest BCUT2D eigenvalue weighted by atomic mass is 16.3. The molecule has 0 amide bonds. The zero-order valence-electron chi connectivity index (χ0n) is 7.22. The molecule has 1 spiro atoms. The van der Waals surface area contributed by atoms with Crippen molar-refractivity contribution in [3.8, 4) is 0 Å². The van der Waals surface area contributed by atoms with Crippen molar-refractivity contribution in [2.45, 2.75) is 12.5 Å². The third kappa shape index (κ3) is 0.647. The van der Waals surface area contributed by atoms with Crippen molar-refractivity contribution in [3.63, 3.8) is 0 Å². The van der Waals surface area contributed by atoms with Crippen LogP contribution in [0, 0.1) is 17.3 Å². The van der Waals surface area contributed by atoms with Gasteiger partial charge < -0.3 is 10.2 Å². The van der Waals surface area contributed by atoms with E-state index in [0.717, 1.165) is 6.42 Å². The molecule has 13 heavy (non-hydrogen) atoms. The highest BCUT2D eigenvalue weighted by Crippen LogP contribution is 2.58. The van der Waals surface area contributed by atoms with Crippen molar-refractivity contribution < 1.29 is 10.2 Å². The Kier molecular flexibility index (Phi) is 1.18. The lowest BCUT2D eigenvalue weighted by Crippen LogP contribution is -2.34. The zero-order chi connectivity index (χ0) is 9.05. The molecule has 68 valence electrons. The molecule has 2 nitrogen and oxygen atoms in total. The smallest absolute Gasteiger partial charge is 0.102 e. The Hall–Kier alpha value is -1.02. The first kappa shape index (κ1) is 7.39. The number of allylic oxidation sites excluding steroid dienone is 3. The molecule has 0 radical (unpaired) electrons. The van der Waals surface area contributed by atoms with Crippen LogP contribution in [0.3, 0.4) is 0 Å². The van der Waals surface area contributed by atoms with Crippen molar-refractivity contribution in [2.75, 3.05) is 0 Å². The molecule has 0 saturated heterocycles. The van der Waals surface area contributed by atoms with Crippen LogP contribution >= 0.6 is 0 Å². The average molecular weight is 176 g/mol. The van der Waals surface area contributed by atoms with Crippen LogP contribution in [0.5, 0.6) is 0 Å². The fourth-order valence-electron chi connectivity index (χ4n) is 3.00. The minimum Gasteiger partial charge on any atom is -0.512 e. The van der Waals surface area contributed by atoms with Gasteiger partial charge in [0.1, 0.15) is 5.76 Å². The molecule has 4 atom stereocenters. The molecule has 2 bridgehead atoms. The van der Waals surface area contributed by atoms with E-state index in [4.69, 9.17) is 0 Å². The Morgan fingerprint density at radius 2 is 2.23 bits per heavy atom. The number of hydrogen-bond acceptors (Lipinski definition) is 2. The number of aliphatic hydroxyl groups is 2. The maximum absolute atomic E-state index is 9.99. The van der Waals surface area contributed by atoms with Gasteiger partial charge in [0.05, 0.1) is 11.5 Å². The first-order valence-electron chi connectivity index (χ1n) is 4.70. The molecular formula is C11H12O2. The van der Waals surface area contributed by atoms with E-state index in [-0.39, 0.29) is 5.92 Å². The quantitative estimate of drug-likeness (QED) is 0.588. The maximum Gasteiger partial charge on any atom is 0.102 e. The molecule has 3 rings (SSSR count). The maximum atomic E-state index is 9.99. The zero-order valence-corrected chi connectivity index (χ0v) is 7.22. The van der Waals surface area contributed by atoms with Gasteiger partial charge in [-0.2, -0.15) is 0 Å². The largest absolute Gasteiger partial charge is 0.512 e. The van der Waals surface area contributed by atoms with Crippen molar-refractivity contribution in [2.24, 2.45) is 17.3 Å². The number of fused-ring (bicyclic) bond motifs is 1. The lowest BCUT2D eigenvalue weighted by Gasteiger charge is -2.33. The molecule has 4 unspecified atom stereocenters. The summed E-state index contributed by atoms with van der Waals surface area (Å²) in [5, 5.41) is 19.8. The Morgan fingerprint density at radius 3 is 2.92 bits per heavy atom. The molecule has 1 saturated carbocycles. The minimum absolute atomic E-state index is 0.150. The Labute approximate surface area is 76.9 Å². The van der Waals surface area contributed by atoms with Gasteiger partial charge in [0, 0.05) is 5.92 Å². The normalized spacial score (nSPS) is 50.8. The molecule has 2 heteroatoms. The summed E-state index contributed by atoms with van der Waals surface area (Å²) < 4.78 is 0. The molecule has 2 N–H and O–H groups in total. The van der Waals surface area contributed by atoms with Crippen LogP contribution in [0.15, 0.2) is 36.1 Å². The van der Waals surface area contributed by atoms with Crippen LogP contribution in [0.2, 0.25) is 0 Å². The van der Waals surface area contributed by atoms with E-state index in [0.29, 0.717) is 11.7 Å². The van der Waals surface area contributed by atoms with Crippen molar-refractivity contribution in [1.29, 1.82) is 0 Å². The minimum atomic E-state index is -0.473. The molecule has 3 aliphatic rings. The van der Waals surface area contributed by atoms with E-state index in [1.165, 1.54) is 0 Å². The standard InChI is InChI=1S/C11H12O2/c12-9-6-7-5-8-3-1-2-4-11(8,9)10(7)13/h1-4,6-8,10,12-13H,5H2. The second-order valence-electron chi connectivity index (χ2n) is 4.18. The van der Waals surface area contributed by atoms with Crippen LogP contribution in [-0.2, 0) is 0 Å². The highest BCUT2D eigenvalue weighted by Gasteiger charge is 2.59. The molecule has 0 aromatic rings. The summed E-state index contributed by atoms with van der Waals surface area (Å²) in [7, 11) is 0. The van der Waals surface area contributed by atoms with Crippen LogP contribution in [0.25, 0.3) is 0 Å². The van der Waals surface area contributed by atoms with Crippen molar-refractivity contribution in [3.05, 3.63) is 36.1 Å². The third-order valence-electron chi connectivity index (χ3n) is 3.68. The summed E-state index contributed by atoms with van der Waals surface area (Å²) >= 11 is 0. The summed E-state index contributed by atoms with van der Waals surface area (Å²) in [4.78, 5) is 0. The summed E-state index contributed by atoms with van der Waals surface area (Å²) in [6.45, 7) is 0. The molecular weight excluding hydrogens is 164 g/mol. The van der Waals surface area contributed by atoms with Gasteiger partial charge in [-0.15, -0.1) is 0 Å². The van der Waals surface area contributed by atoms with Gasteiger partial charge in [-0.05, 0) is 18.4 Å². The summed E-state index contributed by atoms with van der Waals surface area (Å²) in [6, 6.07) is 0. The fraction of sp³-hybridized carbons (Fsp3) is 0.455. The third-order valence-corrected chi connectivity index (χ3v) is 3.68. The second kappa shape index (κ2) is 2.07. The van der Waals surface area contributed by atoms with Gasteiger partial charge >= 0.3 is 0 Å². The molecule has 0 aromatic heterocycles. The molecule has 3 aliphatic carbocycles. The van der Waals surface area contributed by atoms with Gasteiger partial charge in [-0.25, -0.2) is 0 Å². The average Bonchev–Trinajstić information content (AvgIpc) is 2.53. The lowest BCUT2D eigenvalue weighted by molar-refractivity contribution is 0.0697. The summed E-state index contributed by atoms with van der Waals surface area (Å²) in [6.07, 6.45) is 10.3. The summed E-state index contributed by atoms with van der Waals surface area (Å²) in [5.41, 5.74) is -0.473. The summed E-state index contributed by atoms with van der Waals surface area (Å²) in [5.74, 6) is 0.807. The van der Waals surface area contributed by atoms with E-state index in [1.54, 1.807) is 0 Å². The van der Waals surface area contributed by atoms with Crippen molar-refractivity contribution >= 4 is 0 Å². The van der Waals surface area contributed by atoms with E-state index in [2.05, 4.69) is 6.08 Å². The van der Waals surface area contributed by atoms with Gasteiger partial charge in [0.15, 0.2) is 0 Å². The number of aliphatic hydroxyl groups excluding tert-OH is 2. The van der Waals surface area contributed by atoms with Gasteiger partial charge in [-0.1, -0.05) is 24.3 Å². The number of rotatable bonds is 0. The van der Waals surface area contributed by atoms with Gasteiger partial charge in [-0.3, -0.25) is 0 Å². The Balaban J connectivity index is 2.18. The molecule has 0 aromatic carbocycles. The van der Waals surface area contributed by atoms with Gasteiger partial charge in [0.25, 0.3) is 0 Å². The van der Waals surface area contributed by atoms with Gasteiger partial charge in [0.2, 0.25) is 0 Å². The molecule has 0 heterocycles. The van der Waals surface area contributed by atoms with Crippen molar-refractivity contribution in [1.82, 2.24) is 0 Å². The molecule has 1 fully saturated rings. The monoisotopic (exact) mass is 176 g/mol. The van der Waals surface area contributed by atoms with Crippen LogP contribution in [0.1, 0.15) is 6.42 Å². The lowest BCUT2D eigenvalue weighted by atomic mass is 9.73. The fourth-order valence-corrected chi connectivity index (χ4v) is 3.00. The highest BCUT2D eigenvalue weighted by molar-refractivity contribution is 5.39. The van der Waals surface area contributed by atoms with E-state index in [9.17, 15) is 10.2 Å². The Morgan fingerprint density at radius 1 is 1.38 bits per heavy atom. The van der Waals surface area contributed by atoms with Crippen LogP contribution in [-0.4, -0.2) is 16.3 Å². The SMILES string of the molecule is OC1=CC2CC3C=CC=CC13C2O. The molecule has 0 aliphatic heterocycles. The number of hydrogen-bond donors (Lipinski definition) is 2. The first-order valence-corrected chi connectivity index (χ1v) is 4.70. The van der Waals surface area contributed by atoms with E-state index in [1.807, 2.05) is 24.3 Å².